The van der Waals surface area contributed by atoms with Crippen LogP contribution in [0.5, 0.6) is 5.75 Å². The summed E-state index contributed by atoms with van der Waals surface area (Å²) in [6, 6.07) is 7.69. The largest absolute Gasteiger partial charge is 0.497 e. The van der Waals surface area contributed by atoms with Crippen LogP contribution in [0.2, 0.25) is 0 Å². The third kappa shape index (κ3) is 2.70. The van der Waals surface area contributed by atoms with Crippen molar-refractivity contribution in [2.24, 2.45) is 5.92 Å². The van der Waals surface area contributed by atoms with E-state index in [1.807, 2.05) is 0 Å². The summed E-state index contributed by atoms with van der Waals surface area (Å²) < 4.78 is 5.38. The Bertz CT molecular complexity index is 474. The molecule has 3 heteroatoms. The zero-order valence-electron chi connectivity index (χ0n) is 12.9. The van der Waals surface area contributed by atoms with Crippen LogP contribution in [-0.4, -0.2) is 38.2 Å². The number of hydrogen-bond donors (Lipinski definition) is 1. The van der Waals surface area contributed by atoms with Gasteiger partial charge in [0.05, 0.1) is 7.11 Å². The Hall–Kier alpha value is -1.06. The Labute approximate surface area is 122 Å². The van der Waals surface area contributed by atoms with Crippen LogP contribution in [-0.2, 0) is 6.42 Å². The van der Waals surface area contributed by atoms with E-state index in [4.69, 9.17) is 4.74 Å². The molecule has 20 heavy (non-hydrogen) atoms. The highest BCUT2D eigenvalue weighted by molar-refractivity contribution is 5.40. The summed E-state index contributed by atoms with van der Waals surface area (Å²) in [7, 11) is 3.97. The van der Waals surface area contributed by atoms with Crippen molar-refractivity contribution >= 4 is 0 Å². The van der Waals surface area contributed by atoms with Crippen molar-refractivity contribution in [1.82, 2.24) is 10.2 Å². The van der Waals surface area contributed by atoms with E-state index >= 15 is 0 Å². The minimum Gasteiger partial charge on any atom is -0.497 e. The molecule has 3 nitrogen and oxygen atoms in total. The summed E-state index contributed by atoms with van der Waals surface area (Å²) in [4.78, 5) is 2.44. The molecule has 0 amide bonds. The average molecular weight is 274 g/mol. The maximum atomic E-state index is 5.38. The molecule has 2 aliphatic rings. The van der Waals surface area contributed by atoms with Gasteiger partial charge in [0, 0.05) is 18.6 Å². The lowest BCUT2D eigenvalue weighted by Gasteiger charge is -2.37. The number of methoxy groups -OCH3 is 1. The number of hydrogen-bond acceptors (Lipinski definition) is 3. The molecule has 3 atom stereocenters. The molecular weight excluding hydrogens is 248 g/mol. The highest BCUT2D eigenvalue weighted by atomic mass is 16.5. The molecule has 1 aromatic rings. The van der Waals surface area contributed by atoms with E-state index < -0.39 is 0 Å². The quantitative estimate of drug-likeness (QED) is 0.917. The first kappa shape index (κ1) is 13.9. The molecule has 0 saturated carbocycles. The van der Waals surface area contributed by atoms with Gasteiger partial charge in [0.1, 0.15) is 5.75 Å². The number of nitrogens with zero attached hydrogens (tertiary/aromatic N) is 1. The summed E-state index contributed by atoms with van der Waals surface area (Å²) in [5.74, 6) is 1.71. The number of fused-ring (bicyclic) bond motifs is 1. The number of piperidine rings is 1. The van der Waals surface area contributed by atoms with E-state index in [9.17, 15) is 0 Å². The first-order valence-corrected chi connectivity index (χ1v) is 7.79. The first-order valence-electron chi connectivity index (χ1n) is 7.79. The first-order chi connectivity index (χ1) is 9.67. The molecule has 1 aliphatic heterocycles. The van der Waals surface area contributed by atoms with Gasteiger partial charge in [0.2, 0.25) is 0 Å². The third-order valence-electron chi connectivity index (χ3n) is 4.95. The zero-order valence-corrected chi connectivity index (χ0v) is 12.9. The maximum absolute atomic E-state index is 5.38. The second-order valence-electron chi connectivity index (χ2n) is 6.46. The maximum Gasteiger partial charge on any atom is 0.119 e. The van der Waals surface area contributed by atoms with Crippen LogP contribution in [0.3, 0.4) is 0 Å². The molecule has 3 rings (SSSR count). The normalized spacial score (nSPS) is 30.2. The minimum absolute atomic E-state index is 0.510. The molecule has 1 fully saturated rings. The highest BCUT2D eigenvalue weighted by Crippen LogP contribution is 2.35. The standard InChI is InChI=1S/C17H26N2O/c1-12-11-19(2)9-8-16(12)18-17-7-5-13-4-6-14(20-3)10-15(13)17/h4,6,10,12,16-18H,5,7-9,11H2,1-3H3. The Morgan fingerprint density at radius 3 is 2.90 bits per heavy atom. The van der Waals surface area contributed by atoms with Gasteiger partial charge in [-0.15, -0.1) is 0 Å². The monoisotopic (exact) mass is 274 g/mol. The second kappa shape index (κ2) is 5.74. The van der Waals surface area contributed by atoms with E-state index in [1.54, 1.807) is 7.11 Å². The third-order valence-corrected chi connectivity index (χ3v) is 4.95. The summed E-state index contributed by atoms with van der Waals surface area (Å²) in [5, 5.41) is 3.91. The molecule has 110 valence electrons. The Morgan fingerprint density at radius 2 is 2.15 bits per heavy atom. The lowest BCUT2D eigenvalue weighted by atomic mass is 9.93. The van der Waals surface area contributed by atoms with Crippen molar-refractivity contribution < 1.29 is 4.74 Å². The van der Waals surface area contributed by atoms with Gasteiger partial charge in [0.25, 0.3) is 0 Å². The smallest absolute Gasteiger partial charge is 0.119 e. The summed E-state index contributed by atoms with van der Waals surface area (Å²) in [5.41, 5.74) is 2.94. The molecule has 1 N–H and O–H groups in total. The van der Waals surface area contributed by atoms with Crippen molar-refractivity contribution in [3.8, 4) is 5.75 Å². The highest BCUT2D eigenvalue weighted by Gasteiger charge is 2.29. The summed E-state index contributed by atoms with van der Waals surface area (Å²) in [6.07, 6.45) is 3.67. The van der Waals surface area contributed by atoms with E-state index in [2.05, 4.69) is 42.4 Å². The second-order valence-corrected chi connectivity index (χ2v) is 6.46. The Kier molecular flexibility index (Phi) is 3.99. The molecule has 1 saturated heterocycles. The van der Waals surface area contributed by atoms with E-state index in [-0.39, 0.29) is 0 Å². The molecule has 0 spiro atoms. The van der Waals surface area contributed by atoms with Crippen LogP contribution in [0.15, 0.2) is 18.2 Å². The van der Waals surface area contributed by atoms with Crippen molar-refractivity contribution in [2.45, 2.75) is 38.3 Å². The molecule has 3 unspecified atom stereocenters. The van der Waals surface area contributed by atoms with Crippen LogP contribution in [0.4, 0.5) is 0 Å². The average Bonchev–Trinajstić information content (AvgIpc) is 2.84. The molecular formula is C17H26N2O. The van der Waals surface area contributed by atoms with Crippen molar-refractivity contribution in [3.63, 3.8) is 0 Å². The topological polar surface area (TPSA) is 24.5 Å². The number of ether oxygens (including phenoxy) is 1. The molecule has 1 heterocycles. The van der Waals surface area contributed by atoms with Gasteiger partial charge in [-0.05, 0) is 62.0 Å². The van der Waals surface area contributed by atoms with E-state index in [1.165, 1.54) is 43.5 Å². The predicted molar refractivity (Wildman–Crippen MR) is 82.3 cm³/mol. The van der Waals surface area contributed by atoms with Gasteiger partial charge in [-0.2, -0.15) is 0 Å². The van der Waals surface area contributed by atoms with Gasteiger partial charge < -0.3 is 15.0 Å². The Balaban J connectivity index is 1.71. The van der Waals surface area contributed by atoms with Crippen LogP contribution in [0.1, 0.15) is 36.9 Å². The van der Waals surface area contributed by atoms with Crippen molar-refractivity contribution in [2.75, 3.05) is 27.2 Å². The number of nitrogens with one attached hydrogen (secondary N) is 1. The van der Waals surface area contributed by atoms with Crippen molar-refractivity contribution in [3.05, 3.63) is 29.3 Å². The van der Waals surface area contributed by atoms with Crippen LogP contribution in [0, 0.1) is 5.92 Å². The fourth-order valence-corrected chi connectivity index (χ4v) is 3.74. The minimum atomic E-state index is 0.510. The van der Waals surface area contributed by atoms with Crippen LogP contribution >= 0.6 is 0 Å². The number of likely N-dealkylation sites (tertiary alicyclic amines) is 1. The number of aryl methyl sites for hydroxylation is 1. The summed E-state index contributed by atoms with van der Waals surface area (Å²) in [6.45, 7) is 4.78. The van der Waals surface area contributed by atoms with Gasteiger partial charge in [0.15, 0.2) is 0 Å². The molecule has 0 bridgehead atoms. The predicted octanol–water partition coefficient (Wildman–Crippen LogP) is 2.61. The lowest BCUT2D eigenvalue weighted by Crippen LogP contribution is -2.47. The fraction of sp³-hybridized carbons (Fsp3) is 0.647. The molecule has 0 radical (unpaired) electrons. The molecule has 0 aromatic heterocycles. The number of rotatable bonds is 3. The SMILES string of the molecule is COc1ccc2c(c1)C(NC1CCN(C)CC1C)CC2. The van der Waals surface area contributed by atoms with Crippen LogP contribution < -0.4 is 10.1 Å². The molecule has 1 aliphatic carbocycles. The lowest BCUT2D eigenvalue weighted by molar-refractivity contribution is 0.166. The van der Waals surface area contributed by atoms with Gasteiger partial charge in [-0.1, -0.05) is 13.0 Å². The Morgan fingerprint density at radius 1 is 1.30 bits per heavy atom. The van der Waals surface area contributed by atoms with Gasteiger partial charge >= 0.3 is 0 Å². The van der Waals surface area contributed by atoms with Gasteiger partial charge in [-0.25, -0.2) is 0 Å². The van der Waals surface area contributed by atoms with Gasteiger partial charge in [-0.3, -0.25) is 0 Å². The van der Waals surface area contributed by atoms with E-state index in [0.29, 0.717) is 12.1 Å². The number of benzene rings is 1. The van der Waals surface area contributed by atoms with E-state index in [0.717, 1.165) is 11.7 Å². The zero-order chi connectivity index (χ0) is 14.1. The summed E-state index contributed by atoms with van der Waals surface area (Å²) >= 11 is 0. The van der Waals surface area contributed by atoms with Crippen LogP contribution in [0.25, 0.3) is 0 Å². The molecule has 1 aromatic carbocycles. The fourth-order valence-electron chi connectivity index (χ4n) is 3.74. The van der Waals surface area contributed by atoms with Crippen molar-refractivity contribution in [1.29, 1.82) is 0 Å².